The van der Waals surface area contributed by atoms with E-state index in [2.05, 4.69) is 31.9 Å². The molecule has 156 valence electrons. The summed E-state index contributed by atoms with van der Waals surface area (Å²) >= 11 is 6.92. The molecule has 4 aromatic rings. The maximum atomic E-state index is 6.42. The molecule has 4 rings (SSSR count). The third-order valence-corrected chi connectivity index (χ3v) is 5.56. The molecule has 0 aromatic heterocycles. The van der Waals surface area contributed by atoms with E-state index in [-0.39, 0.29) is 0 Å². The summed E-state index contributed by atoms with van der Waals surface area (Å²) in [5.74, 6) is 1.40. The Labute approximate surface area is 198 Å². The van der Waals surface area contributed by atoms with Gasteiger partial charge in [0.25, 0.3) is 0 Å². The summed E-state index contributed by atoms with van der Waals surface area (Å²) in [5, 5.41) is 0. The SMILES string of the molecule is Brc1ccc(OC(OC(Oc2ccc(Br)cc2)c2ccccc2)c2ccccc2)cc1. The van der Waals surface area contributed by atoms with E-state index in [1.807, 2.05) is 109 Å². The second-order valence-corrected chi connectivity index (χ2v) is 8.60. The molecule has 0 aliphatic heterocycles. The molecule has 0 radical (unpaired) electrons. The van der Waals surface area contributed by atoms with Crippen molar-refractivity contribution in [3.8, 4) is 11.5 Å². The minimum absolute atomic E-state index is 0.664. The van der Waals surface area contributed by atoms with Crippen LogP contribution in [0.4, 0.5) is 0 Å². The van der Waals surface area contributed by atoms with Gasteiger partial charge in [0.1, 0.15) is 11.5 Å². The summed E-state index contributed by atoms with van der Waals surface area (Å²) in [6.07, 6.45) is -1.33. The van der Waals surface area contributed by atoms with Crippen LogP contribution < -0.4 is 9.47 Å². The van der Waals surface area contributed by atoms with Crippen molar-refractivity contribution in [2.75, 3.05) is 0 Å². The zero-order valence-electron chi connectivity index (χ0n) is 16.5. The summed E-state index contributed by atoms with van der Waals surface area (Å²) in [4.78, 5) is 0. The quantitative estimate of drug-likeness (QED) is 0.212. The molecule has 0 fully saturated rings. The first-order chi connectivity index (χ1) is 15.2. The van der Waals surface area contributed by atoms with E-state index in [1.54, 1.807) is 0 Å². The maximum absolute atomic E-state index is 6.42. The lowest BCUT2D eigenvalue weighted by Gasteiger charge is -2.26. The molecule has 2 atom stereocenters. The molecule has 0 bridgehead atoms. The van der Waals surface area contributed by atoms with E-state index in [9.17, 15) is 0 Å². The molecule has 0 saturated carbocycles. The van der Waals surface area contributed by atoms with Crippen molar-refractivity contribution >= 4 is 31.9 Å². The number of rotatable bonds is 8. The lowest BCUT2D eigenvalue weighted by Crippen LogP contribution is -2.20. The van der Waals surface area contributed by atoms with Crippen molar-refractivity contribution in [2.45, 2.75) is 12.6 Å². The Morgan fingerprint density at radius 1 is 0.452 bits per heavy atom. The number of ether oxygens (including phenoxy) is 3. The van der Waals surface area contributed by atoms with Gasteiger partial charge in [0.2, 0.25) is 12.6 Å². The van der Waals surface area contributed by atoms with Gasteiger partial charge in [-0.05, 0) is 48.5 Å². The highest BCUT2D eigenvalue weighted by Crippen LogP contribution is 2.32. The summed E-state index contributed by atoms with van der Waals surface area (Å²) in [7, 11) is 0. The smallest absolute Gasteiger partial charge is 0.230 e. The molecule has 0 aliphatic carbocycles. The van der Waals surface area contributed by atoms with Crippen LogP contribution >= 0.6 is 31.9 Å². The summed E-state index contributed by atoms with van der Waals surface area (Å²) < 4.78 is 20.9. The number of benzene rings is 4. The number of halogens is 2. The fourth-order valence-electron chi connectivity index (χ4n) is 2.95. The molecule has 0 aliphatic rings. The molecule has 0 N–H and O–H groups in total. The van der Waals surface area contributed by atoms with Gasteiger partial charge in [-0.3, -0.25) is 4.74 Å². The Hall–Kier alpha value is -2.60. The fourth-order valence-corrected chi connectivity index (χ4v) is 3.48. The minimum atomic E-state index is -0.664. The first-order valence-corrected chi connectivity index (χ1v) is 11.4. The third kappa shape index (κ3) is 6.20. The topological polar surface area (TPSA) is 27.7 Å². The van der Waals surface area contributed by atoms with Crippen LogP contribution in [0.15, 0.2) is 118 Å². The van der Waals surface area contributed by atoms with Crippen LogP contribution in [0.2, 0.25) is 0 Å². The summed E-state index contributed by atoms with van der Waals surface area (Å²) in [6, 6.07) is 35.0. The number of hydrogen-bond acceptors (Lipinski definition) is 3. The predicted octanol–water partition coefficient (Wildman–Crippen LogP) is 8.08. The predicted molar refractivity (Wildman–Crippen MR) is 129 cm³/mol. The molecule has 2 unspecified atom stereocenters. The van der Waals surface area contributed by atoms with Crippen molar-refractivity contribution in [2.24, 2.45) is 0 Å². The average molecular weight is 540 g/mol. The standard InChI is InChI=1S/C26H20Br2O3/c27-21-11-15-23(16-12-21)29-25(19-7-3-1-4-8-19)31-26(20-9-5-2-6-10-20)30-24-17-13-22(28)14-18-24/h1-18,25-26H. The molecule has 3 nitrogen and oxygen atoms in total. The minimum Gasteiger partial charge on any atom is -0.460 e. The van der Waals surface area contributed by atoms with Gasteiger partial charge < -0.3 is 9.47 Å². The zero-order valence-corrected chi connectivity index (χ0v) is 19.7. The Morgan fingerprint density at radius 2 is 0.806 bits per heavy atom. The van der Waals surface area contributed by atoms with E-state index in [0.717, 1.165) is 20.1 Å². The molecular weight excluding hydrogens is 520 g/mol. The van der Waals surface area contributed by atoms with Crippen LogP contribution in [0.3, 0.4) is 0 Å². The van der Waals surface area contributed by atoms with Crippen LogP contribution in [0.25, 0.3) is 0 Å². The van der Waals surface area contributed by atoms with Gasteiger partial charge in [-0.25, -0.2) is 0 Å². The van der Waals surface area contributed by atoms with Gasteiger partial charge in [-0.1, -0.05) is 92.5 Å². The fraction of sp³-hybridized carbons (Fsp3) is 0.0769. The van der Waals surface area contributed by atoms with Gasteiger partial charge in [0.15, 0.2) is 0 Å². The molecular formula is C26H20Br2O3. The Bertz CT molecular complexity index is 980. The molecule has 5 heteroatoms. The van der Waals surface area contributed by atoms with Gasteiger partial charge in [-0.15, -0.1) is 0 Å². The molecule has 4 aromatic carbocycles. The monoisotopic (exact) mass is 538 g/mol. The van der Waals surface area contributed by atoms with Crippen molar-refractivity contribution in [1.82, 2.24) is 0 Å². The van der Waals surface area contributed by atoms with Crippen LogP contribution in [0.5, 0.6) is 11.5 Å². The normalized spacial score (nSPS) is 12.7. The Kier molecular flexibility index (Phi) is 7.41. The van der Waals surface area contributed by atoms with E-state index in [4.69, 9.17) is 14.2 Å². The Balaban J connectivity index is 1.64. The van der Waals surface area contributed by atoms with Gasteiger partial charge >= 0.3 is 0 Å². The van der Waals surface area contributed by atoms with Crippen molar-refractivity contribution in [3.63, 3.8) is 0 Å². The highest BCUT2D eigenvalue weighted by atomic mass is 79.9. The van der Waals surface area contributed by atoms with Crippen molar-refractivity contribution < 1.29 is 14.2 Å². The molecule has 31 heavy (non-hydrogen) atoms. The molecule has 0 saturated heterocycles. The largest absolute Gasteiger partial charge is 0.460 e. The second kappa shape index (κ2) is 10.6. The molecule has 0 amide bonds. The van der Waals surface area contributed by atoms with E-state index in [0.29, 0.717) is 11.5 Å². The average Bonchev–Trinajstić information content (AvgIpc) is 2.82. The van der Waals surface area contributed by atoms with Crippen LogP contribution in [-0.4, -0.2) is 0 Å². The van der Waals surface area contributed by atoms with Crippen LogP contribution in [0.1, 0.15) is 23.7 Å². The third-order valence-electron chi connectivity index (χ3n) is 4.50. The van der Waals surface area contributed by atoms with Gasteiger partial charge in [0, 0.05) is 20.1 Å². The second-order valence-electron chi connectivity index (χ2n) is 6.76. The van der Waals surface area contributed by atoms with Crippen LogP contribution in [-0.2, 0) is 4.74 Å². The van der Waals surface area contributed by atoms with Gasteiger partial charge in [0.05, 0.1) is 0 Å². The van der Waals surface area contributed by atoms with Crippen molar-refractivity contribution in [1.29, 1.82) is 0 Å². The first kappa shape index (κ1) is 21.6. The maximum Gasteiger partial charge on any atom is 0.230 e. The Morgan fingerprint density at radius 3 is 1.16 bits per heavy atom. The highest BCUT2D eigenvalue weighted by Gasteiger charge is 2.23. The first-order valence-electron chi connectivity index (χ1n) is 9.77. The zero-order chi connectivity index (χ0) is 21.5. The van der Waals surface area contributed by atoms with Crippen molar-refractivity contribution in [3.05, 3.63) is 129 Å². The summed E-state index contributed by atoms with van der Waals surface area (Å²) in [6.45, 7) is 0. The highest BCUT2D eigenvalue weighted by molar-refractivity contribution is 9.10. The molecule has 0 spiro atoms. The lowest BCUT2D eigenvalue weighted by atomic mass is 10.2. The van der Waals surface area contributed by atoms with E-state index >= 15 is 0 Å². The van der Waals surface area contributed by atoms with Crippen LogP contribution in [0, 0.1) is 0 Å². The lowest BCUT2D eigenvalue weighted by molar-refractivity contribution is -0.192. The van der Waals surface area contributed by atoms with E-state index < -0.39 is 12.6 Å². The van der Waals surface area contributed by atoms with E-state index in [1.165, 1.54) is 0 Å². The summed E-state index contributed by atoms with van der Waals surface area (Å²) in [5.41, 5.74) is 1.79. The van der Waals surface area contributed by atoms with Gasteiger partial charge in [-0.2, -0.15) is 0 Å². The number of hydrogen-bond donors (Lipinski definition) is 0. The molecule has 0 heterocycles.